The van der Waals surface area contributed by atoms with Gasteiger partial charge in [-0.05, 0) is 50.1 Å². The van der Waals surface area contributed by atoms with Gasteiger partial charge in [0.2, 0.25) is 0 Å². The summed E-state index contributed by atoms with van der Waals surface area (Å²) in [5.41, 5.74) is 3.52. The summed E-state index contributed by atoms with van der Waals surface area (Å²) < 4.78 is 11.9. The van der Waals surface area contributed by atoms with Gasteiger partial charge >= 0.3 is 5.97 Å². The van der Waals surface area contributed by atoms with Gasteiger partial charge in [0.15, 0.2) is 11.5 Å². The fourth-order valence-electron chi connectivity index (χ4n) is 2.95. The molecule has 0 radical (unpaired) electrons. The highest BCUT2D eigenvalue weighted by Crippen LogP contribution is 2.36. The molecule has 150 valence electrons. The van der Waals surface area contributed by atoms with Crippen LogP contribution in [0.5, 0.6) is 11.5 Å². The van der Waals surface area contributed by atoms with Gasteiger partial charge in [0.1, 0.15) is 6.61 Å². The lowest BCUT2D eigenvalue weighted by molar-refractivity contribution is -0.136. The number of carbonyl (C=O) groups excluding carboxylic acids is 1. The van der Waals surface area contributed by atoms with E-state index in [9.17, 15) is 4.79 Å². The highest BCUT2D eigenvalue weighted by molar-refractivity contribution is 6.31. The van der Waals surface area contributed by atoms with Crippen LogP contribution in [0.2, 0.25) is 5.02 Å². The smallest absolute Gasteiger partial charge is 0.367 e. The van der Waals surface area contributed by atoms with E-state index in [1.165, 1.54) is 0 Å². The molecule has 0 unspecified atom stereocenters. The number of ether oxygens (including phenoxy) is 2. The molecular formula is C23H22ClNO4. The summed E-state index contributed by atoms with van der Waals surface area (Å²) >= 11 is 6.25. The first kappa shape index (κ1) is 20.7. The summed E-state index contributed by atoms with van der Waals surface area (Å²) in [6, 6.07) is 11.3. The Morgan fingerprint density at radius 3 is 2.66 bits per heavy atom. The van der Waals surface area contributed by atoms with Crippen molar-refractivity contribution >= 4 is 29.4 Å². The van der Waals surface area contributed by atoms with Crippen molar-refractivity contribution < 1.29 is 19.1 Å². The second-order valence-corrected chi connectivity index (χ2v) is 6.83. The molecule has 29 heavy (non-hydrogen) atoms. The normalized spacial score (nSPS) is 14.5. The maximum absolute atomic E-state index is 11.9. The SMILES string of the molecule is C=CCc1cc(/C=C2\C(=O)ON=C2C)cc(OCC)c1OCc1ccccc1Cl. The van der Waals surface area contributed by atoms with E-state index in [-0.39, 0.29) is 0 Å². The number of halogens is 1. The molecule has 1 aliphatic rings. The first-order valence-electron chi connectivity index (χ1n) is 9.28. The van der Waals surface area contributed by atoms with Crippen LogP contribution in [0.3, 0.4) is 0 Å². The number of carbonyl (C=O) groups is 1. The molecule has 0 saturated carbocycles. The van der Waals surface area contributed by atoms with E-state index in [1.807, 2.05) is 43.3 Å². The molecule has 6 heteroatoms. The molecule has 0 fully saturated rings. The molecule has 2 aromatic carbocycles. The average molecular weight is 412 g/mol. The Morgan fingerprint density at radius 2 is 2.00 bits per heavy atom. The Balaban J connectivity index is 1.99. The summed E-state index contributed by atoms with van der Waals surface area (Å²) in [4.78, 5) is 16.6. The van der Waals surface area contributed by atoms with Crippen LogP contribution in [-0.2, 0) is 22.7 Å². The van der Waals surface area contributed by atoms with Crippen LogP contribution in [0.4, 0.5) is 0 Å². The number of nitrogens with zero attached hydrogens (tertiary/aromatic N) is 1. The van der Waals surface area contributed by atoms with E-state index in [0.29, 0.717) is 47.4 Å². The van der Waals surface area contributed by atoms with Crippen molar-refractivity contribution in [2.45, 2.75) is 26.9 Å². The molecule has 0 aromatic heterocycles. The molecule has 5 nitrogen and oxygen atoms in total. The fraction of sp³-hybridized carbons (Fsp3) is 0.217. The minimum atomic E-state index is -0.468. The monoisotopic (exact) mass is 411 g/mol. The lowest BCUT2D eigenvalue weighted by atomic mass is 10.0. The van der Waals surface area contributed by atoms with Crippen molar-refractivity contribution in [1.29, 1.82) is 0 Å². The highest BCUT2D eigenvalue weighted by atomic mass is 35.5. The third kappa shape index (κ3) is 4.87. The molecular weight excluding hydrogens is 390 g/mol. The minimum absolute atomic E-state index is 0.308. The van der Waals surface area contributed by atoms with Crippen molar-refractivity contribution in [3.8, 4) is 11.5 Å². The predicted molar refractivity (Wildman–Crippen MR) is 114 cm³/mol. The molecule has 1 aliphatic heterocycles. The quantitative estimate of drug-likeness (QED) is 0.333. The maximum atomic E-state index is 11.9. The van der Waals surface area contributed by atoms with Gasteiger partial charge in [0.25, 0.3) is 0 Å². The predicted octanol–water partition coefficient (Wildman–Crippen LogP) is 5.36. The van der Waals surface area contributed by atoms with Gasteiger partial charge < -0.3 is 14.3 Å². The first-order chi connectivity index (χ1) is 14.0. The van der Waals surface area contributed by atoms with E-state index in [4.69, 9.17) is 25.9 Å². The zero-order chi connectivity index (χ0) is 20.8. The van der Waals surface area contributed by atoms with Crippen LogP contribution >= 0.6 is 11.6 Å². The van der Waals surface area contributed by atoms with Crippen LogP contribution in [0, 0.1) is 0 Å². The van der Waals surface area contributed by atoms with E-state index in [0.717, 1.165) is 16.7 Å². The van der Waals surface area contributed by atoms with Crippen LogP contribution < -0.4 is 9.47 Å². The van der Waals surface area contributed by atoms with Crippen LogP contribution in [0.25, 0.3) is 6.08 Å². The van der Waals surface area contributed by atoms with Gasteiger partial charge in [-0.15, -0.1) is 6.58 Å². The highest BCUT2D eigenvalue weighted by Gasteiger charge is 2.22. The lowest BCUT2D eigenvalue weighted by Crippen LogP contribution is -2.05. The largest absolute Gasteiger partial charge is 0.490 e. The molecule has 0 atom stereocenters. The number of allylic oxidation sites excluding steroid dienone is 1. The Kier molecular flexibility index (Phi) is 6.73. The van der Waals surface area contributed by atoms with E-state index in [1.54, 1.807) is 19.1 Å². The number of oxime groups is 1. The topological polar surface area (TPSA) is 57.1 Å². The first-order valence-corrected chi connectivity index (χ1v) is 9.66. The number of hydrogen-bond acceptors (Lipinski definition) is 5. The Bertz CT molecular complexity index is 994. The second kappa shape index (κ2) is 9.43. The zero-order valence-electron chi connectivity index (χ0n) is 16.4. The van der Waals surface area contributed by atoms with E-state index < -0.39 is 5.97 Å². The van der Waals surface area contributed by atoms with Gasteiger partial charge in [-0.3, -0.25) is 0 Å². The van der Waals surface area contributed by atoms with Gasteiger partial charge in [-0.1, -0.05) is 41.0 Å². The summed E-state index contributed by atoms with van der Waals surface area (Å²) in [5, 5.41) is 4.36. The van der Waals surface area contributed by atoms with Crippen molar-refractivity contribution in [2.75, 3.05) is 6.61 Å². The minimum Gasteiger partial charge on any atom is -0.490 e. The average Bonchev–Trinajstić information content (AvgIpc) is 3.01. The van der Waals surface area contributed by atoms with Crippen molar-refractivity contribution in [3.05, 3.63) is 76.3 Å². The fourth-order valence-corrected chi connectivity index (χ4v) is 3.14. The molecule has 0 bridgehead atoms. The third-order valence-corrected chi connectivity index (χ3v) is 4.70. The Morgan fingerprint density at radius 1 is 1.21 bits per heavy atom. The maximum Gasteiger partial charge on any atom is 0.367 e. The Labute approximate surface area is 175 Å². The van der Waals surface area contributed by atoms with Crippen LogP contribution in [0.15, 0.2) is 59.8 Å². The van der Waals surface area contributed by atoms with Gasteiger partial charge in [0, 0.05) is 16.1 Å². The molecule has 0 N–H and O–H groups in total. The second-order valence-electron chi connectivity index (χ2n) is 6.43. The summed E-state index contributed by atoms with van der Waals surface area (Å²) in [7, 11) is 0. The van der Waals surface area contributed by atoms with Crippen molar-refractivity contribution in [2.24, 2.45) is 5.16 Å². The van der Waals surface area contributed by atoms with Crippen molar-refractivity contribution in [1.82, 2.24) is 0 Å². The molecule has 3 rings (SSSR count). The molecule has 0 spiro atoms. The third-order valence-electron chi connectivity index (χ3n) is 4.33. The Hall–Kier alpha value is -3.05. The molecule has 0 amide bonds. The van der Waals surface area contributed by atoms with Gasteiger partial charge in [0.05, 0.1) is 17.9 Å². The molecule has 0 aliphatic carbocycles. The van der Waals surface area contributed by atoms with Crippen molar-refractivity contribution in [3.63, 3.8) is 0 Å². The molecule has 1 heterocycles. The van der Waals surface area contributed by atoms with E-state index in [2.05, 4.69) is 11.7 Å². The summed E-state index contributed by atoms with van der Waals surface area (Å²) in [5.74, 6) is 0.754. The molecule has 0 saturated heterocycles. The van der Waals surface area contributed by atoms with Crippen LogP contribution in [-0.4, -0.2) is 18.3 Å². The van der Waals surface area contributed by atoms with E-state index >= 15 is 0 Å². The lowest BCUT2D eigenvalue weighted by Gasteiger charge is -2.17. The van der Waals surface area contributed by atoms with Crippen LogP contribution in [0.1, 0.15) is 30.5 Å². The number of benzene rings is 2. The van der Waals surface area contributed by atoms with Gasteiger partial charge in [-0.2, -0.15) is 0 Å². The number of hydrogen-bond donors (Lipinski definition) is 0. The number of rotatable bonds is 8. The summed E-state index contributed by atoms with van der Waals surface area (Å²) in [6.45, 7) is 8.25. The van der Waals surface area contributed by atoms with Gasteiger partial charge in [-0.25, -0.2) is 4.79 Å². The standard InChI is InChI=1S/C23H22ClNO4/c1-4-8-17-11-16(12-19-15(3)25-29-23(19)26)13-21(27-5-2)22(17)28-14-18-9-6-7-10-20(18)24/h4,6-7,9-13H,1,5,8,14H2,2-3H3/b19-12-. The zero-order valence-corrected chi connectivity index (χ0v) is 17.2. The summed E-state index contributed by atoms with van der Waals surface area (Å²) in [6.07, 6.45) is 4.11. The molecule has 2 aromatic rings.